The van der Waals surface area contributed by atoms with E-state index < -0.39 is 0 Å². The van der Waals surface area contributed by atoms with Gasteiger partial charge >= 0.3 is 0 Å². The van der Waals surface area contributed by atoms with Crippen LogP contribution in [0.1, 0.15) is 40.8 Å². The fraction of sp³-hybridized carbons (Fsp3) is 0.412. The Labute approximate surface area is 139 Å². The second-order valence-electron chi connectivity index (χ2n) is 5.36. The number of nitrogens with one attached hydrogen (secondary N) is 1. The fourth-order valence-electron chi connectivity index (χ4n) is 2.52. The van der Waals surface area contributed by atoms with Crippen molar-refractivity contribution in [1.29, 1.82) is 0 Å². The summed E-state index contributed by atoms with van der Waals surface area (Å²) in [6.45, 7) is 1.32. The number of nitrogens with zero attached hydrogens (tertiary/aromatic N) is 1. The van der Waals surface area contributed by atoms with Crippen molar-refractivity contribution < 1.29 is 13.9 Å². The van der Waals surface area contributed by atoms with Gasteiger partial charge in [0, 0.05) is 24.7 Å². The first-order valence-corrected chi connectivity index (χ1v) is 8.95. The van der Waals surface area contributed by atoms with Crippen molar-refractivity contribution in [3.63, 3.8) is 0 Å². The number of hydrogen-bond donors (Lipinski definition) is 1. The molecule has 0 unspecified atom stereocenters. The van der Waals surface area contributed by atoms with Gasteiger partial charge in [0.1, 0.15) is 6.10 Å². The molecule has 1 aliphatic heterocycles. The molecule has 1 aliphatic rings. The van der Waals surface area contributed by atoms with E-state index in [1.54, 1.807) is 11.8 Å². The molecule has 0 aliphatic carbocycles. The van der Waals surface area contributed by atoms with Gasteiger partial charge in [-0.3, -0.25) is 4.79 Å². The highest BCUT2D eigenvalue weighted by Crippen LogP contribution is 2.30. The Kier molecular flexibility index (Phi) is 5.71. The Balaban J connectivity index is 1.42. The number of aromatic nitrogens is 1. The lowest BCUT2D eigenvalue weighted by Gasteiger charge is -2.08. The van der Waals surface area contributed by atoms with Crippen LogP contribution in [0.4, 0.5) is 0 Å². The molecule has 1 fully saturated rings. The van der Waals surface area contributed by atoms with Crippen molar-refractivity contribution in [3.8, 4) is 0 Å². The van der Waals surface area contributed by atoms with E-state index in [0.29, 0.717) is 24.6 Å². The van der Waals surface area contributed by atoms with Crippen molar-refractivity contribution in [2.24, 2.45) is 0 Å². The summed E-state index contributed by atoms with van der Waals surface area (Å²) in [6, 6.07) is 10.3. The summed E-state index contributed by atoms with van der Waals surface area (Å²) < 4.78 is 10.9. The quantitative estimate of drug-likeness (QED) is 0.789. The molecule has 5 nitrogen and oxygen atoms in total. The molecule has 3 rings (SSSR count). The maximum Gasteiger partial charge on any atom is 0.273 e. The predicted octanol–water partition coefficient (Wildman–Crippen LogP) is 3.19. The van der Waals surface area contributed by atoms with Crippen LogP contribution >= 0.6 is 11.8 Å². The van der Waals surface area contributed by atoms with E-state index in [9.17, 15) is 4.79 Å². The van der Waals surface area contributed by atoms with Crippen molar-refractivity contribution >= 4 is 17.7 Å². The molecule has 0 radical (unpaired) electrons. The monoisotopic (exact) mass is 332 g/mol. The number of rotatable bonds is 7. The first kappa shape index (κ1) is 16.1. The smallest absolute Gasteiger partial charge is 0.273 e. The van der Waals surface area contributed by atoms with Crippen LogP contribution in [0.25, 0.3) is 0 Å². The summed E-state index contributed by atoms with van der Waals surface area (Å²) in [4.78, 5) is 16.3. The number of hydrogen-bond acceptors (Lipinski definition) is 5. The number of carbonyl (C=O) groups excluding carboxylic acids is 1. The van der Waals surface area contributed by atoms with Crippen molar-refractivity contribution in [1.82, 2.24) is 10.3 Å². The number of carbonyl (C=O) groups is 1. The molecule has 1 aromatic carbocycles. The number of thioether (sulfide) groups is 1. The van der Waals surface area contributed by atoms with Gasteiger partial charge in [-0.2, -0.15) is 11.8 Å². The minimum atomic E-state index is -0.190. The van der Waals surface area contributed by atoms with Crippen LogP contribution in [-0.2, 0) is 10.5 Å². The molecule has 6 heteroatoms. The van der Waals surface area contributed by atoms with Crippen LogP contribution in [0.15, 0.2) is 41.1 Å². The molecule has 2 aromatic rings. The molecule has 1 amide bonds. The lowest BCUT2D eigenvalue weighted by atomic mass is 10.1. The standard InChI is InChI=1S/C17H20N2O3S/c20-17(15-16(22-12-19-15)14-7-4-9-21-14)18-8-10-23-11-13-5-2-1-3-6-13/h1-3,5-6,12,14H,4,7-11H2,(H,18,20)/t14-/m1/s1. The zero-order valence-electron chi connectivity index (χ0n) is 12.9. The van der Waals surface area contributed by atoms with Crippen LogP contribution in [-0.4, -0.2) is 29.8 Å². The largest absolute Gasteiger partial charge is 0.445 e. The van der Waals surface area contributed by atoms with Gasteiger partial charge in [-0.1, -0.05) is 30.3 Å². The third-order valence-corrected chi connectivity index (χ3v) is 4.71. The maximum absolute atomic E-state index is 12.2. The molecular weight excluding hydrogens is 312 g/mol. The minimum Gasteiger partial charge on any atom is -0.445 e. The van der Waals surface area contributed by atoms with E-state index in [1.807, 2.05) is 18.2 Å². The van der Waals surface area contributed by atoms with Crippen molar-refractivity contribution in [2.45, 2.75) is 24.7 Å². The zero-order valence-corrected chi connectivity index (χ0v) is 13.7. The topological polar surface area (TPSA) is 64.4 Å². The molecule has 122 valence electrons. The van der Waals surface area contributed by atoms with E-state index in [-0.39, 0.29) is 12.0 Å². The first-order chi connectivity index (χ1) is 11.3. The Hall–Kier alpha value is -1.79. The van der Waals surface area contributed by atoms with Crippen molar-refractivity contribution in [2.75, 3.05) is 18.9 Å². The van der Waals surface area contributed by atoms with E-state index in [4.69, 9.17) is 9.15 Å². The SMILES string of the molecule is O=C(NCCSCc1ccccc1)c1ncoc1[C@H]1CCCO1. The number of oxazole rings is 1. The Morgan fingerprint density at radius 3 is 3.00 bits per heavy atom. The second kappa shape index (κ2) is 8.17. The summed E-state index contributed by atoms with van der Waals surface area (Å²) in [7, 11) is 0. The molecule has 1 saturated heterocycles. The lowest BCUT2D eigenvalue weighted by Crippen LogP contribution is -2.27. The Bertz CT molecular complexity index is 624. The van der Waals surface area contributed by atoms with Gasteiger partial charge in [0.05, 0.1) is 0 Å². The van der Waals surface area contributed by atoms with Gasteiger partial charge in [0.25, 0.3) is 5.91 Å². The first-order valence-electron chi connectivity index (χ1n) is 7.79. The van der Waals surface area contributed by atoms with Crippen LogP contribution < -0.4 is 5.32 Å². The van der Waals surface area contributed by atoms with E-state index >= 15 is 0 Å². The van der Waals surface area contributed by atoms with Gasteiger partial charge in [-0.05, 0) is 18.4 Å². The molecule has 1 atom stereocenters. The summed E-state index contributed by atoms with van der Waals surface area (Å²) in [5.74, 6) is 2.16. The van der Waals surface area contributed by atoms with E-state index in [2.05, 4.69) is 22.4 Å². The van der Waals surface area contributed by atoms with E-state index in [0.717, 1.165) is 24.3 Å². The summed E-state index contributed by atoms with van der Waals surface area (Å²) in [5, 5.41) is 2.90. The van der Waals surface area contributed by atoms with Crippen LogP contribution in [0.5, 0.6) is 0 Å². The number of ether oxygens (including phenoxy) is 1. The Morgan fingerprint density at radius 2 is 2.22 bits per heavy atom. The van der Waals surface area contributed by atoms with Crippen LogP contribution in [0.2, 0.25) is 0 Å². The normalized spacial score (nSPS) is 17.3. The molecule has 0 bridgehead atoms. The summed E-state index contributed by atoms with van der Waals surface area (Å²) in [5.41, 5.74) is 1.64. The highest BCUT2D eigenvalue weighted by molar-refractivity contribution is 7.98. The molecule has 2 heterocycles. The fourth-order valence-corrected chi connectivity index (χ4v) is 3.34. The van der Waals surface area contributed by atoms with Crippen molar-refractivity contribution in [3.05, 3.63) is 53.7 Å². The minimum absolute atomic E-state index is 0.134. The third-order valence-electron chi connectivity index (χ3n) is 3.68. The predicted molar refractivity (Wildman–Crippen MR) is 89.4 cm³/mol. The summed E-state index contributed by atoms with van der Waals surface area (Å²) in [6.07, 6.45) is 3.05. The average molecular weight is 332 g/mol. The molecular formula is C17H20N2O3S. The Morgan fingerprint density at radius 1 is 1.35 bits per heavy atom. The molecule has 1 aromatic heterocycles. The average Bonchev–Trinajstić information content (AvgIpc) is 3.26. The zero-order chi connectivity index (χ0) is 15.9. The number of benzene rings is 1. The maximum atomic E-state index is 12.2. The van der Waals surface area contributed by atoms with Gasteiger partial charge < -0.3 is 14.5 Å². The highest BCUT2D eigenvalue weighted by Gasteiger charge is 2.27. The highest BCUT2D eigenvalue weighted by atomic mass is 32.2. The van der Waals surface area contributed by atoms with Gasteiger partial charge in [-0.25, -0.2) is 4.98 Å². The van der Waals surface area contributed by atoms with Gasteiger partial charge in [0.2, 0.25) is 0 Å². The second-order valence-corrected chi connectivity index (χ2v) is 6.47. The molecule has 0 spiro atoms. The van der Waals surface area contributed by atoms with E-state index in [1.165, 1.54) is 12.0 Å². The molecule has 0 saturated carbocycles. The number of amides is 1. The third kappa shape index (κ3) is 4.36. The molecule has 23 heavy (non-hydrogen) atoms. The van der Waals surface area contributed by atoms with Crippen LogP contribution in [0, 0.1) is 0 Å². The molecule has 1 N–H and O–H groups in total. The lowest BCUT2D eigenvalue weighted by molar-refractivity contribution is 0.0863. The van der Waals surface area contributed by atoms with Gasteiger partial charge in [0.15, 0.2) is 17.8 Å². The van der Waals surface area contributed by atoms with Gasteiger partial charge in [-0.15, -0.1) is 0 Å². The summed E-state index contributed by atoms with van der Waals surface area (Å²) >= 11 is 1.79. The van der Waals surface area contributed by atoms with Crippen LogP contribution in [0.3, 0.4) is 0 Å².